The normalized spacial score (nSPS) is 13.1. The minimum Gasteiger partial charge on any atom is -0.469 e. The van der Waals surface area contributed by atoms with Gasteiger partial charge >= 0.3 is 5.97 Å². The van der Waals surface area contributed by atoms with E-state index in [0.717, 1.165) is 6.26 Å². The Morgan fingerprint density at radius 3 is 2.78 bits per heavy atom. The van der Waals surface area contributed by atoms with Gasteiger partial charge < -0.3 is 4.74 Å². The van der Waals surface area contributed by atoms with E-state index in [1.54, 1.807) is 13.0 Å². The average Bonchev–Trinajstić information content (AvgIpc) is 2.34. The molecular formula is C11H15NO4S2. The van der Waals surface area contributed by atoms with E-state index in [4.69, 9.17) is 0 Å². The molecule has 1 aromatic rings. The largest absolute Gasteiger partial charge is 0.469 e. The van der Waals surface area contributed by atoms with Crippen LogP contribution in [0.25, 0.3) is 0 Å². The van der Waals surface area contributed by atoms with E-state index in [-0.39, 0.29) is 16.8 Å². The van der Waals surface area contributed by atoms with Crippen LogP contribution in [0.15, 0.2) is 28.3 Å². The molecule has 0 N–H and O–H groups in total. The third kappa shape index (κ3) is 3.99. The number of carbonyl (C=O) groups is 1. The third-order valence-electron chi connectivity index (χ3n) is 2.21. The second-order valence-corrected chi connectivity index (χ2v) is 6.81. The lowest BCUT2D eigenvalue weighted by Gasteiger charge is -2.09. The molecule has 0 aliphatic carbocycles. The van der Waals surface area contributed by atoms with Gasteiger partial charge in [-0.15, -0.1) is 11.8 Å². The van der Waals surface area contributed by atoms with Crippen molar-refractivity contribution in [1.82, 2.24) is 4.98 Å². The van der Waals surface area contributed by atoms with E-state index in [2.05, 4.69) is 9.72 Å². The Morgan fingerprint density at radius 2 is 2.22 bits per heavy atom. The van der Waals surface area contributed by atoms with Gasteiger partial charge in [-0.3, -0.25) is 4.79 Å². The molecule has 0 amide bonds. The number of aromatic nitrogens is 1. The summed E-state index contributed by atoms with van der Waals surface area (Å²) in [5, 5.41) is 0.413. The molecule has 0 fully saturated rings. The maximum Gasteiger partial charge on any atom is 0.309 e. The number of thioether (sulfide) groups is 1. The van der Waals surface area contributed by atoms with Gasteiger partial charge in [-0.2, -0.15) is 0 Å². The van der Waals surface area contributed by atoms with Gasteiger partial charge in [-0.05, 0) is 12.1 Å². The lowest BCUT2D eigenvalue weighted by Crippen LogP contribution is -2.15. The van der Waals surface area contributed by atoms with Crippen LogP contribution < -0.4 is 0 Å². The third-order valence-corrected chi connectivity index (χ3v) is 4.73. The van der Waals surface area contributed by atoms with E-state index in [9.17, 15) is 13.2 Å². The van der Waals surface area contributed by atoms with Gasteiger partial charge in [-0.1, -0.05) is 6.92 Å². The Morgan fingerprint density at radius 1 is 1.56 bits per heavy atom. The predicted octanol–water partition coefficient (Wildman–Crippen LogP) is 1.39. The molecule has 0 bridgehead atoms. The minimum absolute atomic E-state index is 0.187. The van der Waals surface area contributed by atoms with Crippen molar-refractivity contribution in [1.29, 1.82) is 0 Å². The molecule has 7 heteroatoms. The Hall–Kier alpha value is -1.08. The van der Waals surface area contributed by atoms with Crippen LogP contribution in [0.2, 0.25) is 0 Å². The molecule has 0 aliphatic heterocycles. The average molecular weight is 289 g/mol. The maximum absolute atomic E-state index is 11.5. The van der Waals surface area contributed by atoms with Gasteiger partial charge in [0.15, 0.2) is 9.84 Å². The van der Waals surface area contributed by atoms with Crippen LogP contribution in [-0.4, -0.2) is 38.5 Å². The summed E-state index contributed by atoms with van der Waals surface area (Å²) < 4.78 is 27.7. The van der Waals surface area contributed by atoms with Gasteiger partial charge in [0, 0.05) is 18.2 Å². The second-order valence-electron chi connectivity index (χ2n) is 3.81. The van der Waals surface area contributed by atoms with Crippen LogP contribution in [0.1, 0.15) is 6.92 Å². The van der Waals surface area contributed by atoms with Crippen LogP contribution in [0, 0.1) is 5.92 Å². The molecule has 0 aliphatic rings. The summed E-state index contributed by atoms with van der Waals surface area (Å²) in [5.41, 5.74) is 0. The molecule has 1 aromatic heterocycles. The molecule has 0 radical (unpaired) electrons. The van der Waals surface area contributed by atoms with Crippen molar-refractivity contribution in [2.75, 3.05) is 19.1 Å². The molecule has 1 atom stereocenters. The number of rotatable bonds is 5. The zero-order valence-electron chi connectivity index (χ0n) is 10.4. The number of pyridine rings is 1. The molecule has 0 aromatic carbocycles. The van der Waals surface area contributed by atoms with Crippen molar-refractivity contribution < 1.29 is 17.9 Å². The summed E-state index contributed by atoms with van der Waals surface area (Å²) in [5.74, 6) is -0.208. The van der Waals surface area contributed by atoms with Crippen molar-refractivity contribution >= 4 is 27.6 Å². The van der Waals surface area contributed by atoms with Crippen LogP contribution >= 0.6 is 11.8 Å². The highest BCUT2D eigenvalue weighted by molar-refractivity contribution is 8.00. The van der Waals surface area contributed by atoms with Crippen molar-refractivity contribution in [2.45, 2.75) is 16.8 Å². The van der Waals surface area contributed by atoms with Crippen molar-refractivity contribution in [3.63, 3.8) is 0 Å². The Balaban J connectivity index is 2.83. The molecule has 1 rings (SSSR count). The standard InChI is InChI=1S/C11H15NO4S2/c1-8(11(13)16-2)7-17-10-9(18(3,14)15)5-4-6-12-10/h4-6,8H,7H2,1-3H3. The first-order valence-corrected chi connectivity index (χ1v) is 8.09. The molecule has 1 heterocycles. The zero-order valence-corrected chi connectivity index (χ0v) is 12.0. The van der Waals surface area contributed by atoms with Gasteiger partial charge in [0.25, 0.3) is 0 Å². The van der Waals surface area contributed by atoms with Crippen molar-refractivity contribution in [2.24, 2.45) is 5.92 Å². The molecule has 0 saturated heterocycles. The van der Waals surface area contributed by atoms with E-state index < -0.39 is 9.84 Å². The fourth-order valence-corrected chi connectivity index (χ4v) is 3.46. The molecule has 5 nitrogen and oxygen atoms in total. The lowest BCUT2D eigenvalue weighted by molar-refractivity contribution is -0.143. The number of ether oxygens (including phenoxy) is 1. The number of hydrogen-bond donors (Lipinski definition) is 0. The Kier molecular flexibility index (Phi) is 5.15. The van der Waals surface area contributed by atoms with Gasteiger partial charge in [-0.25, -0.2) is 13.4 Å². The number of hydrogen-bond acceptors (Lipinski definition) is 6. The number of esters is 1. The summed E-state index contributed by atoms with van der Waals surface area (Å²) in [7, 11) is -1.98. The van der Waals surface area contributed by atoms with Crippen LogP contribution in [0.5, 0.6) is 0 Å². The zero-order chi connectivity index (χ0) is 13.8. The van der Waals surface area contributed by atoms with Crippen LogP contribution in [-0.2, 0) is 19.4 Å². The highest BCUT2D eigenvalue weighted by Gasteiger charge is 2.18. The first-order valence-electron chi connectivity index (χ1n) is 5.22. The summed E-state index contributed by atoms with van der Waals surface area (Å²) >= 11 is 1.23. The smallest absolute Gasteiger partial charge is 0.309 e. The highest BCUT2D eigenvalue weighted by atomic mass is 32.2. The quantitative estimate of drug-likeness (QED) is 0.602. The minimum atomic E-state index is -3.31. The van der Waals surface area contributed by atoms with Crippen molar-refractivity contribution in [3.8, 4) is 0 Å². The maximum atomic E-state index is 11.5. The predicted molar refractivity (Wildman–Crippen MR) is 69.3 cm³/mol. The fourth-order valence-electron chi connectivity index (χ4n) is 1.24. The SMILES string of the molecule is COC(=O)C(C)CSc1ncccc1S(C)(=O)=O. The highest BCUT2D eigenvalue weighted by Crippen LogP contribution is 2.25. The number of sulfone groups is 1. The monoisotopic (exact) mass is 289 g/mol. The van der Waals surface area contributed by atoms with Crippen molar-refractivity contribution in [3.05, 3.63) is 18.3 Å². The summed E-state index contributed by atoms with van der Waals surface area (Å²) in [6, 6.07) is 3.08. The molecule has 0 saturated carbocycles. The van der Waals surface area contributed by atoms with E-state index in [0.29, 0.717) is 10.8 Å². The molecular weight excluding hydrogens is 274 g/mol. The second kappa shape index (κ2) is 6.19. The topological polar surface area (TPSA) is 73.3 Å². The first-order chi connectivity index (χ1) is 8.36. The fraction of sp³-hybridized carbons (Fsp3) is 0.455. The van der Waals surface area contributed by atoms with Gasteiger partial charge in [0.05, 0.1) is 17.9 Å². The lowest BCUT2D eigenvalue weighted by atomic mass is 10.2. The Labute approximate surface area is 111 Å². The van der Waals surface area contributed by atoms with E-state index in [1.807, 2.05) is 0 Å². The van der Waals surface area contributed by atoms with Gasteiger partial charge in [0.1, 0.15) is 5.03 Å². The molecule has 0 spiro atoms. The van der Waals surface area contributed by atoms with E-state index in [1.165, 1.54) is 31.1 Å². The number of carbonyl (C=O) groups excluding carboxylic acids is 1. The first kappa shape index (κ1) is 15.0. The summed E-state index contributed by atoms with van der Waals surface area (Å²) in [6.07, 6.45) is 2.66. The van der Waals surface area contributed by atoms with Gasteiger partial charge in [0.2, 0.25) is 0 Å². The summed E-state index contributed by atoms with van der Waals surface area (Å²) in [6.45, 7) is 1.72. The van der Waals surface area contributed by atoms with E-state index >= 15 is 0 Å². The van der Waals surface area contributed by atoms with Crippen LogP contribution in [0.4, 0.5) is 0 Å². The number of nitrogens with zero attached hydrogens (tertiary/aromatic N) is 1. The Bertz CT molecular complexity index is 528. The summed E-state index contributed by atoms with van der Waals surface area (Å²) in [4.78, 5) is 15.5. The molecule has 1 unspecified atom stereocenters. The molecule has 18 heavy (non-hydrogen) atoms. The molecule has 100 valence electrons. The number of methoxy groups -OCH3 is 1. The van der Waals surface area contributed by atoms with Crippen LogP contribution in [0.3, 0.4) is 0 Å².